The smallest absolute Gasteiger partial charge is 0.253 e. The molecular formula is C25H38N4O3S. The van der Waals surface area contributed by atoms with E-state index in [1.165, 1.54) is 5.56 Å². The van der Waals surface area contributed by atoms with E-state index in [1.54, 1.807) is 0 Å². The van der Waals surface area contributed by atoms with Crippen LogP contribution in [-0.2, 0) is 16.0 Å². The second-order valence-electron chi connectivity index (χ2n) is 8.61. The molecule has 2 N–H and O–H groups in total. The van der Waals surface area contributed by atoms with Gasteiger partial charge in [0.25, 0.3) is 5.56 Å². The molecule has 33 heavy (non-hydrogen) atoms. The van der Waals surface area contributed by atoms with Gasteiger partial charge in [0, 0.05) is 51.5 Å². The van der Waals surface area contributed by atoms with Gasteiger partial charge in [-0.25, -0.2) is 0 Å². The molecule has 1 aliphatic heterocycles. The first-order valence-corrected chi connectivity index (χ1v) is 12.4. The van der Waals surface area contributed by atoms with Crippen molar-refractivity contribution in [3.63, 3.8) is 0 Å². The second kappa shape index (κ2) is 13.0. The largest absolute Gasteiger partial charge is 0.382 e. The first-order chi connectivity index (χ1) is 16.0. The minimum absolute atomic E-state index is 0.0477. The number of thiocarbonyl (C=S) groups is 1. The number of nitrogens with one attached hydrogen (secondary N) is 2. The van der Waals surface area contributed by atoms with Crippen LogP contribution in [0.5, 0.6) is 0 Å². The Morgan fingerprint density at radius 3 is 2.82 bits per heavy atom. The van der Waals surface area contributed by atoms with Gasteiger partial charge in [-0.15, -0.1) is 0 Å². The lowest BCUT2D eigenvalue weighted by molar-refractivity contribution is 0.0367. The van der Waals surface area contributed by atoms with Gasteiger partial charge in [-0.2, -0.15) is 0 Å². The molecular weight excluding hydrogens is 436 g/mol. The Balaban J connectivity index is 1.69. The lowest BCUT2D eigenvalue weighted by Crippen LogP contribution is -2.43. The van der Waals surface area contributed by atoms with Gasteiger partial charge < -0.3 is 24.7 Å². The average Bonchev–Trinajstić information content (AvgIpc) is 2.82. The Bertz CT molecular complexity index is 972. The fourth-order valence-electron chi connectivity index (χ4n) is 4.08. The number of aryl methyl sites for hydroxylation is 2. The maximum Gasteiger partial charge on any atom is 0.253 e. The molecule has 2 heterocycles. The van der Waals surface area contributed by atoms with Crippen LogP contribution in [-0.4, -0.2) is 79.0 Å². The summed E-state index contributed by atoms with van der Waals surface area (Å²) in [5.41, 5.74) is 3.89. The molecule has 0 atom stereocenters. The van der Waals surface area contributed by atoms with E-state index in [-0.39, 0.29) is 5.56 Å². The number of H-pyrrole nitrogens is 1. The lowest BCUT2D eigenvalue weighted by atomic mass is 10.0. The highest BCUT2D eigenvalue weighted by molar-refractivity contribution is 7.80. The van der Waals surface area contributed by atoms with E-state index >= 15 is 0 Å². The molecule has 1 aromatic carbocycles. The van der Waals surface area contributed by atoms with Gasteiger partial charge in [0.1, 0.15) is 0 Å². The van der Waals surface area contributed by atoms with E-state index in [9.17, 15) is 4.79 Å². The summed E-state index contributed by atoms with van der Waals surface area (Å²) in [5.74, 6) is 0. The summed E-state index contributed by atoms with van der Waals surface area (Å²) >= 11 is 5.73. The highest BCUT2D eigenvalue weighted by atomic mass is 32.1. The average molecular weight is 475 g/mol. The van der Waals surface area contributed by atoms with Crippen LogP contribution >= 0.6 is 12.2 Å². The van der Waals surface area contributed by atoms with Crippen molar-refractivity contribution in [2.45, 2.75) is 40.2 Å². The third-order valence-electron chi connectivity index (χ3n) is 6.23. The van der Waals surface area contributed by atoms with Gasteiger partial charge >= 0.3 is 0 Å². The molecule has 1 aliphatic rings. The van der Waals surface area contributed by atoms with Gasteiger partial charge in [-0.1, -0.05) is 12.1 Å². The maximum atomic E-state index is 12.9. The van der Waals surface area contributed by atoms with E-state index in [4.69, 9.17) is 21.7 Å². The molecule has 1 saturated heterocycles. The molecule has 0 aliphatic carbocycles. The van der Waals surface area contributed by atoms with Crippen molar-refractivity contribution in [3.8, 4) is 0 Å². The fourth-order valence-corrected chi connectivity index (χ4v) is 4.34. The van der Waals surface area contributed by atoms with Crippen molar-refractivity contribution in [2.75, 3.05) is 59.2 Å². The summed E-state index contributed by atoms with van der Waals surface area (Å²) in [6.07, 6.45) is 1.87. The first kappa shape index (κ1) is 25.6. The topological polar surface area (TPSA) is 69.8 Å². The van der Waals surface area contributed by atoms with Gasteiger partial charge in [-0.05, 0) is 68.4 Å². The number of benzene rings is 1. The van der Waals surface area contributed by atoms with E-state index < -0.39 is 0 Å². The number of aromatic amines is 1. The van der Waals surface area contributed by atoms with Crippen LogP contribution in [0.15, 0.2) is 23.0 Å². The summed E-state index contributed by atoms with van der Waals surface area (Å²) in [5, 5.41) is 5.10. The molecule has 0 bridgehead atoms. The number of hydrogen-bond donors (Lipinski definition) is 2. The fraction of sp³-hybridized carbons (Fsp3) is 0.600. The van der Waals surface area contributed by atoms with Crippen molar-refractivity contribution in [1.82, 2.24) is 20.1 Å². The molecule has 0 radical (unpaired) electrons. The Morgan fingerprint density at radius 1 is 1.27 bits per heavy atom. The van der Waals surface area contributed by atoms with Gasteiger partial charge in [0.2, 0.25) is 0 Å². The van der Waals surface area contributed by atoms with Gasteiger partial charge in [0.15, 0.2) is 5.11 Å². The van der Waals surface area contributed by atoms with E-state index in [0.717, 1.165) is 87.4 Å². The molecule has 8 heteroatoms. The summed E-state index contributed by atoms with van der Waals surface area (Å²) in [6, 6.07) is 6.18. The maximum absolute atomic E-state index is 12.9. The Kier molecular flexibility index (Phi) is 10.1. The van der Waals surface area contributed by atoms with Crippen LogP contribution in [0.3, 0.4) is 0 Å². The Morgan fingerprint density at radius 2 is 2.06 bits per heavy atom. The molecule has 0 saturated carbocycles. The zero-order valence-corrected chi connectivity index (χ0v) is 21.1. The number of aromatic nitrogens is 1. The van der Waals surface area contributed by atoms with Crippen LogP contribution in [0.1, 0.15) is 36.5 Å². The lowest BCUT2D eigenvalue weighted by Gasteiger charge is -2.29. The van der Waals surface area contributed by atoms with Crippen molar-refractivity contribution >= 4 is 28.2 Å². The van der Waals surface area contributed by atoms with Gasteiger partial charge in [-0.3, -0.25) is 9.69 Å². The predicted molar refractivity (Wildman–Crippen MR) is 138 cm³/mol. The third-order valence-corrected chi connectivity index (χ3v) is 6.63. The first-order valence-electron chi connectivity index (χ1n) is 12.0. The standard InChI is InChI=1S/C25H38N4O3S/c1-4-31-14-5-9-26-25(33)29(11-6-10-28-12-15-32-16-13-28)18-22-17-21-8-7-19(2)20(3)23(21)27-24(22)30/h7-8,17H,4-6,9-16,18H2,1-3H3,(H,26,33)(H,27,30). The van der Waals surface area contributed by atoms with Crippen molar-refractivity contribution in [2.24, 2.45) is 0 Å². The van der Waals surface area contributed by atoms with Crippen LogP contribution in [0.2, 0.25) is 0 Å². The molecule has 0 unspecified atom stereocenters. The van der Waals surface area contributed by atoms with Crippen molar-refractivity contribution in [1.29, 1.82) is 0 Å². The number of hydrogen-bond acceptors (Lipinski definition) is 5. The molecule has 182 valence electrons. The monoisotopic (exact) mass is 474 g/mol. The predicted octanol–water partition coefficient (Wildman–Crippen LogP) is 2.97. The minimum Gasteiger partial charge on any atom is -0.382 e. The molecule has 2 aromatic rings. The number of morpholine rings is 1. The van der Waals surface area contributed by atoms with Crippen LogP contribution in [0.4, 0.5) is 0 Å². The zero-order chi connectivity index (χ0) is 23.6. The number of nitrogens with zero attached hydrogens (tertiary/aromatic N) is 2. The SMILES string of the molecule is CCOCCCNC(=S)N(CCCN1CCOCC1)Cc1cc2ccc(C)c(C)c2[nH]c1=O. The number of rotatable bonds is 11. The molecule has 3 rings (SSSR count). The van der Waals surface area contributed by atoms with E-state index in [0.29, 0.717) is 18.3 Å². The normalized spacial score (nSPS) is 14.5. The molecule has 0 spiro atoms. The molecule has 7 nitrogen and oxygen atoms in total. The van der Waals surface area contributed by atoms with E-state index in [1.807, 2.05) is 19.9 Å². The Hall–Kier alpha value is -2.00. The van der Waals surface area contributed by atoms with Crippen LogP contribution in [0, 0.1) is 13.8 Å². The zero-order valence-electron chi connectivity index (χ0n) is 20.2. The highest BCUT2D eigenvalue weighted by Gasteiger charge is 2.16. The molecule has 1 fully saturated rings. The summed E-state index contributed by atoms with van der Waals surface area (Å²) in [6.45, 7) is 14.1. The van der Waals surface area contributed by atoms with Crippen LogP contribution < -0.4 is 10.9 Å². The van der Waals surface area contributed by atoms with Crippen molar-refractivity contribution < 1.29 is 9.47 Å². The third kappa shape index (κ3) is 7.50. The summed E-state index contributed by atoms with van der Waals surface area (Å²) in [7, 11) is 0. The number of fused-ring (bicyclic) bond motifs is 1. The summed E-state index contributed by atoms with van der Waals surface area (Å²) < 4.78 is 10.9. The molecule has 1 aromatic heterocycles. The Labute approximate surface area is 202 Å². The van der Waals surface area contributed by atoms with Gasteiger partial charge in [0.05, 0.1) is 25.3 Å². The van der Waals surface area contributed by atoms with E-state index in [2.05, 4.69) is 39.2 Å². The molecule has 0 amide bonds. The number of pyridine rings is 1. The minimum atomic E-state index is -0.0477. The summed E-state index contributed by atoms with van der Waals surface area (Å²) in [4.78, 5) is 20.6. The highest BCUT2D eigenvalue weighted by Crippen LogP contribution is 2.19. The second-order valence-corrected chi connectivity index (χ2v) is 8.99. The quantitative estimate of drug-likeness (QED) is 0.383. The van der Waals surface area contributed by atoms with Crippen LogP contribution in [0.25, 0.3) is 10.9 Å². The number of ether oxygens (including phenoxy) is 2. The van der Waals surface area contributed by atoms with Crippen molar-refractivity contribution in [3.05, 3.63) is 45.2 Å².